The zero-order valence-electron chi connectivity index (χ0n) is 16.1. The first kappa shape index (κ1) is 20.0. The Hall–Kier alpha value is -3.24. The van der Waals surface area contributed by atoms with E-state index in [9.17, 15) is 14.9 Å². The normalized spacial score (nSPS) is 14.4. The van der Waals surface area contributed by atoms with Crippen molar-refractivity contribution in [3.8, 4) is 5.69 Å². The summed E-state index contributed by atoms with van der Waals surface area (Å²) in [6.07, 6.45) is 2.67. The van der Waals surface area contributed by atoms with Crippen molar-refractivity contribution in [2.24, 2.45) is 0 Å². The molecule has 1 N–H and O–H groups in total. The Labute approximate surface area is 177 Å². The molecule has 1 aromatic heterocycles. The van der Waals surface area contributed by atoms with Crippen molar-refractivity contribution in [2.45, 2.75) is 6.54 Å². The standard InChI is InChI=1S/C20H20N6O3S/c27-20(15-5-6-18(19(11-15)26(28)29)25-14-21-13-22-25)23-17-4-2-1-3-16(17)12-24-7-9-30-10-8-24/h1-6,11,13-14H,7-10,12H2,(H,23,27). The summed E-state index contributed by atoms with van der Waals surface area (Å²) >= 11 is 1.95. The van der Waals surface area contributed by atoms with Crippen LogP contribution in [0, 0.1) is 10.1 Å². The van der Waals surface area contributed by atoms with E-state index in [0.717, 1.165) is 36.7 Å². The maximum atomic E-state index is 12.8. The van der Waals surface area contributed by atoms with Crippen LogP contribution in [0.25, 0.3) is 5.69 Å². The van der Waals surface area contributed by atoms with Crippen LogP contribution in [0.3, 0.4) is 0 Å². The number of nitro groups is 1. The summed E-state index contributed by atoms with van der Waals surface area (Å²) in [5.41, 5.74) is 1.97. The fraction of sp³-hybridized carbons (Fsp3) is 0.250. The summed E-state index contributed by atoms with van der Waals surface area (Å²) in [6.45, 7) is 2.79. The number of hydrogen-bond acceptors (Lipinski definition) is 7. The Morgan fingerprint density at radius 1 is 1.20 bits per heavy atom. The molecule has 1 fully saturated rings. The molecule has 2 aromatic carbocycles. The molecule has 0 saturated carbocycles. The molecule has 0 radical (unpaired) electrons. The highest BCUT2D eigenvalue weighted by Gasteiger charge is 2.20. The largest absolute Gasteiger partial charge is 0.322 e. The number of carbonyl (C=O) groups excluding carboxylic acids is 1. The second kappa shape index (κ2) is 9.06. The molecule has 0 spiro atoms. The number of para-hydroxylation sites is 1. The Morgan fingerprint density at radius 3 is 2.73 bits per heavy atom. The molecule has 1 saturated heterocycles. The lowest BCUT2D eigenvalue weighted by Gasteiger charge is -2.27. The highest BCUT2D eigenvalue weighted by molar-refractivity contribution is 7.99. The molecule has 9 nitrogen and oxygen atoms in total. The van der Waals surface area contributed by atoms with Crippen LogP contribution in [-0.4, -0.2) is 55.1 Å². The number of nitrogens with one attached hydrogen (secondary N) is 1. The van der Waals surface area contributed by atoms with Crippen molar-refractivity contribution in [3.05, 3.63) is 76.4 Å². The summed E-state index contributed by atoms with van der Waals surface area (Å²) in [5, 5.41) is 18.4. The molecule has 4 rings (SSSR count). The number of rotatable bonds is 6. The van der Waals surface area contributed by atoms with Gasteiger partial charge in [-0.2, -0.15) is 16.9 Å². The predicted octanol–water partition coefficient (Wildman–Crippen LogP) is 2.98. The van der Waals surface area contributed by atoms with Gasteiger partial charge >= 0.3 is 0 Å². The van der Waals surface area contributed by atoms with Crippen LogP contribution in [0.4, 0.5) is 11.4 Å². The number of carbonyl (C=O) groups is 1. The Bertz CT molecular complexity index is 1050. The van der Waals surface area contributed by atoms with E-state index in [4.69, 9.17) is 0 Å². The highest BCUT2D eigenvalue weighted by Crippen LogP contribution is 2.25. The third-order valence-electron chi connectivity index (χ3n) is 4.86. The highest BCUT2D eigenvalue weighted by atomic mass is 32.2. The SMILES string of the molecule is O=C(Nc1ccccc1CN1CCSCC1)c1ccc(-n2cncn2)c([N+](=O)[O-])c1. The molecule has 1 aliphatic rings. The molecule has 30 heavy (non-hydrogen) atoms. The Morgan fingerprint density at radius 2 is 2.00 bits per heavy atom. The minimum Gasteiger partial charge on any atom is -0.322 e. The second-order valence-electron chi connectivity index (χ2n) is 6.80. The number of benzene rings is 2. The lowest BCUT2D eigenvalue weighted by atomic mass is 10.1. The lowest BCUT2D eigenvalue weighted by Crippen LogP contribution is -2.32. The summed E-state index contributed by atoms with van der Waals surface area (Å²) in [7, 11) is 0. The van der Waals surface area contributed by atoms with Gasteiger partial charge < -0.3 is 5.32 Å². The van der Waals surface area contributed by atoms with Gasteiger partial charge in [0.05, 0.1) is 4.92 Å². The minimum absolute atomic E-state index is 0.203. The van der Waals surface area contributed by atoms with Gasteiger partial charge in [-0.15, -0.1) is 0 Å². The first-order valence-electron chi connectivity index (χ1n) is 9.44. The smallest absolute Gasteiger partial charge is 0.295 e. The number of amides is 1. The van der Waals surface area contributed by atoms with Gasteiger partial charge in [-0.3, -0.25) is 19.8 Å². The summed E-state index contributed by atoms with van der Waals surface area (Å²) < 4.78 is 1.30. The first-order valence-corrected chi connectivity index (χ1v) is 10.6. The van der Waals surface area contributed by atoms with E-state index in [1.54, 1.807) is 6.07 Å². The quantitative estimate of drug-likeness (QED) is 0.479. The number of anilines is 1. The van der Waals surface area contributed by atoms with Crippen molar-refractivity contribution in [3.63, 3.8) is 0 Å². The molecule has 0 aliphatic carbocycles. The van der Waals surface area contributed by atoms with Crippen LogP contribution in [0.15, 0.2) is 55.1 Å². The Kier molecular flexibility index (Phi) is 6.05. The molecule has 0 unspecified atom stereocenters. The summed E-state index contributed by atoms with van der Waals surface area (Å²) in [4.78, 5) is 30.0. The average molecular weight is 424 g/mol. The number of hydrogen-bond donors (Lipinski definition) is 1. The molecule has 0 atom stereocenters. The second-order valence-corrected chi connectivity index (χ2v) is 8.03. The summed E-state index contributed by atoms with van der Waals surface area (Å²) in [6, 6.07) is 12.0. The van der Waals surface area contributed by atoms with Gasteiger partial charge in [-0.25, -0.2) is 9.67 Å². The molecule has 10 heteroatoms. The number of aromatic nitrogens is 3. The van der Waals surface area contributed by atoms with Crippen LogP contribution >= 0.6 is 11.8 Å². The zero-order valence-corrected chi connectivity index (χ0v) is 16.9. The lowest BCUT2D eigenvalue weighted by molar-refractivity contribution is -0.384. The third-order valence-corrected chi connectivity index (χ3v) is 5.81. The fourth-order valence-corrected chi connectivity index (χ4v) is 4.29. The maximum Gasteiger partial charge on any atom is 0.295 e. The maximum absolute atomic E-state index is 12.8. The van der Waals surface area contributed by atoms with Crippen LogP contribution in [0.2, 0.25) is 0 Å². The zero-order chi connectivity index (χ0) is 20.9. The first-order chi connectivity index (χ1) is 14.6. The number of thioether (sulfide) groups is 1. The molecule has 3 aromatic rings. The van der Waals surface area contributed by atoms with Crippen LogP contribution < -0.4 is 5.32 Å². The van der Waals surface area contributed by atoms with Gasteiger partial charge in [-0.1, -0.05) is 18.2 Å². The summed E-state index contributed by atoms with van der Waals surface area (Å²) in [5.74, 6) is 1.82. The van der Waals surface area contributed by atoms with Crippen molar-refractivity contribution in [1.29, 1.82) is 0 Å². The van der Waals surface area contributed by atoms with E-state index in [-0.39, 0.29) is 16.9 Å². The molecule has 2 heterocycles. The van der Waals surface area contributed by atoms with Gasteiger partial charge in [0.1, 0.15) is 18.3 Å². The number of nitro benzene ring substituents is 1. The molecule has 1 aliphatic heterocycles. The minimum atomic E-state index is -0.532. The van der Waals surface area contributed by atoms with Gasteiger partial charge in [0.25, 0.3) is 11.6 Å². The van der Waals surface area contributed by atoms with Crippen LogP contribution in [0.5, 0.6) is 0 Å². The average Bonchev–Trinajstić information content (AvgIpc) is 3.30. The fourth-order valence-electron chi connectivity index (χ4n) is 3.31. The molecule has 154 valence electrons. The molecular weight excluding hydrogens is 404 g/mol. The number of nitrogens with zero attached hydrogens (tertiary/aromatic N) is 5. The molecular formula is C20H20N6O3S. The molecule has 0 bridgehead atoms. The van der Waals surface area contributed by atoms with E-state index in [1.807, 2.05) is 36.0 Å². The van der Waals surface area contributed by atoms with Gasteiger partial charge in [0.2, 0.25) is 0 Å². The van der Waals surface area contributed by atoms with E-state index < -0.39 is 10.8 Å². The monoisotopic (exact) mass is 424 g/mol. The van der Waals surface area contributed by atoms with Crippen molar-refractivity contribution >= 4 is 29.0 Å². The van der Waals surface area contributed by atoms with E-state index in [1.165, 1.54) is 29.5 Å². The topological polar surface area (TPSA) is 106 Å². The van der Waals surface area contributed by atoms with Crippen molar-refractivity contribution in [2.75, 3.05) is 29.9 Å². The van der Waals surface area contributed by atoms with E-state index in [0.29, 0.717) is 5.69 Å². The Balaban J connectivity index is 1.56. The van der Waals surface area contributed by atoms with Crippen molar-refractivity contribution < 1.29 is 9.72 Å². The van der Waals surface area contributed by atoms with Gasteiger partial charge in [0, 0.05) is 48.5 Å². The van der Waals surface area contributed by atoms with Crippen molar-refractivity contribution in [1.82, 2.24) is 19.7 Å². The van der Waals surface area contributed by atoms with E-state index >= 15 is 0 Å². The van der Waals surface area contributed by atoms with Gasteiger partial charge in [-0.05, 0) is 23.8 Å². The van der Waals surface area contributed by atoms with E-state index in [2.05, 4.69) is 20.3 Å². The van der Waals surface area contributed by atoms with Crippen LogP contribution in [0.1, 0.15) is 15.9 Å². The predicted molar refractivity (Wildman–Crippen MR) is 115 cm³/mol. The molecule has 1 amide bonds. The third kappa shape index (κ3) is 4.50. The van der Waals surface area contributed by atoms with Gasteiger partial charge in [0.15, 0.2) is 0 Å². The van der Waals surface area contributed by atoms with Crippen LogP contribution in [-0.2, 0) is 6.54 Å².